The maximum atomic E-state index is 13.3. The Morgan fingerprint density at radius 1 is 1.30 bits per heavy atom. The molecule has 3 rings (SSSR count). The van der Waals surface area contributed by atoms with E-state index in [1.54, 1.807) is 0 Å². The molecule has 23 heavy (non-hydrogen) atoms. The van der Waals surface area contributed by atoms with Crippen LogP contribution in [0.15, 0.2) is 0 Å². The molecular weight excluding hydrogens is 323 g/mol. The number of carboxylic acids is 1. The number of hydrogen-bond acceptors (Lipinski definition) is 2. The molecule has 2 saturated carbocycles. The van der Waals surface area contributed by atoms with Crippen LogP contribution in [0.25, 0.3) is 0 Å². The van der Waals surface area contributed by atoms with Gasteiger partial charge in [0.2, 0.25) is 5.92 Å². The smallest absolute Gasteiger partial charge is 0.420 e. The van der Waals surface area contributed by atoms with Crippen molar-refractivity contribution >= 4 is 5.97 Å². The van der Waals surface area contributed by atoms with E-state index in [1.165, 1.54) is 0 Å². The number of halogens is 5. The Labute approximate surface area is 128 Å². The topological polar surface area (TPSA) is 55.1 Å². The largest absolute Gasteiger partial charge is 0.477 e. The lowest BCUT2D eigenvalue weighted by Crippen LogP contribution is -2.19. The highest BCUT2D eigenvalue weighted by atomic mass is 19.4. The zero-order valence-corrected chi connectivity index (χ0v) is 12.0. The molecule has 4 nitrogen and oxygen atoms in total. The molecule has 1 aromatic heterocycles. The predicted molar refractivity (Wildman–Crippen MR) is 68.5 cm³/mol. The highest BCUT2D eigenvalue weighted by molar-refractivity contribution is 5.88. The van der Waals surface area contributed by atoms with Gasteiger partial charge in [-0.3, -0.25) is 4.68 Å². The van der Waals surface area contributed by atoms with Crippen LogP contribution in [0.2, 0.25) is 0 Å². The molecule has 1 aromatic rings. The van der Waals surface area contributed by atoms with E-state index in [9.17, 15) is 31.9 Å². The van der Waals surface area contributed by atoms with Crippen molar-refractivity contribution in [1.82, 2.24) is 9.78 Å². The molecule has 0 bridgehead atoms. The summed E-state index contributed by atoms with van der Waals surface area (Å²) in [6, 6.07) is 0. The van der Waals surface area contributed by atoms with Gasteiger partial charge in [-0.25, -0.2) is 13.6 Å². The van der Waals surface area contributed by atoms with Crippen LogP contribution in [0.3, 0.4) is 0 Å². The van der Waals surface area contributed by atoms with E-state index in [4.69, 9.17) is 0 Å². The number of aromatic carboxylic acids is 1. The Bertz CT molecular complexity index is 634. The van der Waals surface area contributed by atoms with Crippen molar-refractivity contribution in [2.45, 2.75) is 56.7 Å². The second-order valence-electron chi connectivity index (χ2n) is 6.33. The molecule has 0 unspecified atom stereocenters. The molecule has 2 fully saturated rings. The van der Waals surface area contributed by atoms with E-state index in [-0.39, 0.29) is 25.1 Å². The van der Waals surface area contributed by atoms with Crippen LogP contribution in [0.1, 0.15) is 59.8 Å². The van der Waals surface area contributed by atoms with Gasteiger partial charge in [-0.2, -0.15) is 18.3 Å². The summed E-state index contributed by atoms with van der Waals surface area (Å²) in [6.07, 6.45) is -4.41. The van der Waals surface area contributed by atoms with E-state index in [2.05, 4.69) is 5.10 Å². The summed E-state index contributed by atoms with van der Waals surface area (Å²) in [4.78, 5) is 11.3. The molecule has 0 spiro atoms. The lowest BCUT2D eigenvalue weighted by atomic mass is 10.1. The zero-order valence-electron chi connectivity index (χ0n) is 12.0. The Kier molecular flexibility index (Phi) is 3.64. The predicted octanol–water partition coefficient (Wildman–Crippen LogP) is 3.91. The van der Waals surface area contributed by atoms with Gasteiger partial charge in [-0.05, 0) is 25.2 Å². The minimum absolute atomic E-state index is 0.145. The maximum Gasteiger partial charge on any atom is 0.420 e. The summed E-state index contributed by atoms with van der Waals surface area (Å²) in [7, 11) is 0. The normalized spacial score (nSPS) is 24.1. The second-order valence-corrected chi connectivity index (χ2v) is 6.33. The minimum Gasteiger partial charge on any atom is -0.477 e. The lowest BCUT2D eigenvalue weighted by Gasteiger charge is -2.13. The van der Waals surface area contributed by atoms with Crippen molar-refractivity contribution in [2.24, 2.45) is 5.92 Å². The maximum absolute atomic E-state index is 13.3. The molecular formula is C14H15F5N2O2. The lowest BCUT2D eigenvalue weighted by molar-refractivity contribution is -0.138. The van der Waals surface area contributed by atoms with Crippen LogP contribution in [0.4, 0.5) is 22.0 Å². The summed E-state index contributed by atoms with van der Waals surface area (Å²) >= 11 is 0. The van der Waals surface area contributed by atoms with Crippen molar-refractivity contribution in [3.63, 3.8) is 0 Å². The fraction of sp³-hybridized carbons (Fsp3) is 0.714. The first kappa shape index (κ1) is 16.2. The summed E-state index contributed by atoms with van der Waals surface area (Å²) in [6.45, 7) is -0.229. The molecule has 128 valence electrons. The molecule has 0 saturated heterocycles. The zero-order chi connectivity index (χ0) is 17.0. The highest BCUT2D eigenvalue weighted by Gasteiger charge is 2.47. The molecule has 0 aliphatic heterocycles. The Hall–Kier alpha value is -1.67. The third-order valence-electron chi connectivity index (χ3n) is 4.37. The number of carbonyl (C=O) groups is 1. The van der Waals surface area contributed by atoms with Crippen molar-refractivity contribution in [3.05, 3.63) is 17.0 Å². The third-order valence-corrected chi connectivity index (χ3v) is 4.37. The van der Waals surface area contributed by atoms with E-state index in [0.29, 0.717) is 12.8 Å². The average Bonchev–Trinajstić information content (AvgIpc) is 3.08. The van der Waals surface area contributed by atoms with Gasteiger partial charge >= 0.3 is 12.1 Å². The molecule has 1 heterocycles. The van der Waals surface area contributed by atoms with Gasteiger partial charge in [-0.15, -0.1) is 0 Å². The van der Waals surface area contributed by atoms with Gasteiger partial charge in [0, 0.05) is 25.3 Å². The van der Waals surface area contributed by atoms with Gasteiger partial charge in [0.05, 0.1) is 5.69 Å². The first-order valence-corrected chi connectivity index (χ1v) is 7.37. The fourth-order valence-electron chi connectivity index (χ4n) is 3.19. The van der Waals surface area contributed by atoms with Gasteiger partial charge in [0.15, 0.2) is 5.69 Å². The summed E-state index contributed by atoms with van der Waals surface area (Å²) < 4.78 is 67.1. The van der Waals surface area contributed by atoms with E-state index < -0.39 is 47.6 Å². The standard InChI is InChI=1S/C14H15F5N2O2/c15-13(16)4-3-7(5-13)6-21-11(12(22)23)9(14(17,18)19)10(20-21)8-1-2-8/h7-8H,1-6H2,(H,22,23)/t7-/m0/s1. The third kappa shape index (κ3) is 3.18. The number of alkyl halides is 5. The number of rotatable bonds is 4. The number of aromatic nitrogens is 2. The van der Waals surface area contributed by atoms with Crippen molar-refractivity contribution < 1.29 is 31.9 Å². The number of carboxylic acid groups (broad SMARTS) is 1. The van der Waals surface area contributed by atoms with E-state index in [1.807, 2.05) is 0 Å². The Morgan fingerprint density at radius 3 is 2.39 bits per heavy atom. The molecule has 9 heteroatoms. The first-order chi connectivity index (χ1) is 10.6. The van der Waals surface area contributed by atoms with Crippen LogP contribution in [-0.4, -0.2) is 26.8 Å². The van der Waals surface area contributed by atoms with Crippen LogP contribution in [0.5, 0.6) is 0 Å². The van der Waals surface area contributed by atoms with E-state index in [0.717, 1.165) is 4.68 Å². The molecule has 1 atom stereocenters. The molecule has 2 aliphatic rings. The highest BCUT2D eigenvalue weighted by Crippen LogP contribution is 2.47. The number of hydrogen-bond donors (Lipinski definition) is 1. The van der Waals surface area contributed by atoms with Gasteiger partial charge in [0.25, 0.3) is 0 Å². The van der Waals surface area contributed by atoms with Gasteiger partial charge < -0.3 is 5.11 Å². The molecule has 0 aromatic carbocycles. The van der Waals surface area contributed by atoms with E-state index >= 15 is 0 Å². The molecule has 1 N–H and O–H groups in total. The quantitative estimate of drug-likeness (QED) is 0.847. The summed E-state index contributed by atoms with van der Waals surface area (Å²) in [5, 5.41) is 13.0. The Balaban J connectivity index is 1.98. The SMILES string of the molecule is O=C(O)c1c(C(F)(F)F)c(C2CC2)nn1C[C@H]1CCC(F)(F)C1. The fourth-order valence-corrected chi connectivity index (χ4v) is 3.19. The first-order valence-electron chi connectivity index (χ1n) is 7.37. The summed E-state index contributed by atoms with van der Waals surface area (Å²) in [5.41, 5.74) is -2.42. The number of nitrogens with zero attached hydrogens (tertiary/aromatic N) is 2. The second kappa shape index (κ2) is 5.17. The van der Waals surface area contributed by atoms with Gasteiger partial charge in [-0.1, -0.05) is 0 Å². The molecule has 0 radical (unpaired) electrons. The van der Waals surface area contributed by atoms with Crippen molar-refractivity contribution in [2.75, 3.05) is 0 Å². The molecule has 2 aliphatic carbocycles. The Morgan fingerprint density at radius 2 is 1.96 bits per heavy atom. The van der Waals surface area contributed by atoms with Crippen LogP contribution >= 0.6 is 0 Å². The van der Waals surface area contributed by atoms with Crippen LogP contribution in [0, 0.1) is 5.92 Å². The van der Waals surface area contributed by atoms with Gasteiger partial charge in [0.1, 0.15) is 5.56 Å². The summed E-state index contributed by atoms with van der Waals surface area (Å²) in [5.74, 6) is -5.54. The minimum atomic E-state index is -4.83. The van der Waals surface area contributed by atoms with Crippen LogP contribution < -0.4 is 0 Å². The molecule has 0 amide bonds. The van der Waals surface area contributed by atoms with Crippen LogP contribution in [-0.2, 0) is 12.7 Å². The monoisotopic (exact) mass is 338 g/mol. The van der Waals surface area contributed by atoms with Crippen molar-refractivity contribution in [3.8, 4) is 0 Å². The average molecular weight is 338 g/mol. The van der Waals surface area contributed by atoms with Crippen molar-refractivity contribution in [1.29, 1.82) is 0 Å².